The summed E-state index contributed by atoms with van der Waals surface area (Å²) in [5.41, 5.74) is 0.173. The smallest absolute Gasteiger partial charge is 0.387 e. The molecular weight excluding hydrogens is 168 g/mol. The van der Waals surface area contributed by atoms with Gasteiger partial charge in [0.1, 0.15) is 7.85 Å². The molecule has 5 heteroatoms. The first-order chi connectivity index (χ1) is 5.59. The lowest BCUT2D eigenvalue weighted by atomic mass is 9.96. The van der Waals surface area contributed by atoms with Crippen molar-refractivity contribution in [2.45, 2.75) is 6.61 Å². The minimum atomic E-state index is -3.04. The molecule has 0 atom stereocenters. The van der Waals surface area contributed by atoms with Gasteiger partial charge >= 0.3 is 6.61 Å². The van der Waals surface area contributed by atoms with Crippen LogP contribution in [-0.4, -0.2) is 14.5 Å². The van der Waals surface area contributed by atoms with E-state index in [-0.39, 0.29) is 5.46 Å². The zero-order chi connectivity index (χ0) is 9.14. The first kappa shape index (κ1) is 8.97. The summed E-state index contributed by atoms with van der Waals surface area (Å²) >= 11 is 0. The monoisotopic (exact) mass is 172 g/mol. The van der Waals surface area contributed by atoms with Crippen molar-refractivity contribution in [3.63, 3.8) is 0 Å². The quantitative estimate of drug-likeness (QED) is 0.609. The molecule has 0 N–H and O–H groups in total. The molecule has 0 fully saturated rings. The molecule has 0 saturated carbocycles. The number of alkyl halides is 2. The summed E-state index contributed by atoms with van der Waals surface area (Å²) in [5.74, 6) is -1.39. The van der Waals surface area contributed by atoms with E-state index in [1.54, 1.807) is 0 Å². The maximum Gasteiger partial charge on any atom is 0.387 e. The van der Waals surface area contributed by atoms with E-state index in [1.807, 2.05) is 0 Å². The molecule has 0 aliphatic rings. The van der Waals surface area contributed by atoms with Crippen molar-refractivity contribution in [2.24, 2.45) is 0 Å². The van der Waals surface area contributed by atoms with Crippen LogP contribution in [0.5, 0.6) is 5.75 Å². The van der Waals surface area contributed by atoms with Crippen LogP contribution in [0, 0.1) is 5.82 Å². The molecular formula is C7H4BF3O. The molecule has 0 spiro atoms. The highest BCUT2D eigenvalue weighted by molar-refractivity contribution is 6.32. The van der Waals surface area contributed by atoms with E-state index in [2.05, 4.69) is 4.74 Å². The summed E-state index contributed by atoms with van der Waals surface area (Å²) in [6, 6.07) is 3.22. The van der Waals surface area contributed by atoms with E-state index >= 15 is 0 Å². The highest BCUT2D eigenvalue weighted by Crippen LogP contribution is 2.16. The minimum Gasteiger partial charge on any atom is -0.432 e. The summed E-state index contributed by atoms with van der Waals surface area (Å²) in [7, 11) is 5.21. The van der Waals surface area contributed by atoms with Gasteiger partial charge in [-0.2, -0.15) is 8.78 Å². The van der Waals surface area contributed by atoms with Crippen molar-refractivity contribution in [1.82, 2.24) is 0 Å². The molecule has 12 heavy (non-hydrogen) atoms. The molecule has 0 heterocycles. The van der Waals surface area contributed by atoms with Gasteiger partial charge in [-0.25, -0.2) is 4.39 Å². The predicted octanol–water partition coefficient (Wildman–Crippen LogP) is 1.22. The third-order valence-electron chi connectivity index (χ3n) is 1.17. The lowest BCUT2D eigenvalue weighted by molar-refractivity contribution is -0.0521. The minimum absolute atomic E-state index is 0.173. The molecule has 62 valence electrons. The van der Waals surface area contributed by atoms with Crippen LogP contribution in [0.25, 0.3) is 0 Å². The van der Waals surface area contributed by atoms with E-state index in [0.29, 0.717) is 0 Å². The molecule has 0 saturated heterocycles. The highest BCUT2D eigenvalue weighted by atomic mass is 19.3. The van der Waals surface area contributed by atoms with Crippen molar-refractivity contribution in [2.75, 3.05) is 0 Å². The Morgan fingerprint density at radius 3 is 2.58 bits per heavy atom. The Morgan fingerprint density at radius 1 is 1.33 bits per heavy atom. The second-order valence-corrected chi connectivity index (χ2v) is 2.07. The molecule has 0 aliphatic heterocycles. The van der Waals surface area contributed by atoms with Crippen LogP contribution in [0.4, 0.5) is 13.2 Å². The van der Waals surface area contributed by atoms with Crippen LogP contribution in [0.15, 0.2) is 18.2 Å². The first-order valence-corrected chi connectivity index (χ1v) is 3.09. The van der Waals surface area contributed by atoms with Gasteiger partial charge in [-0.1, -0.05) is 11.5 Å². The number of rotatable bonds is 2. The SMILES string of the molecule is [B]c1ccc(F)c(OC(F)F)c1. The summed E-state index contributed by atoms with van der Waals surface area (Å²) in [4.78, 5) is 0. The van der Waals surface area contributed by atoms with Gasteiger partial charge in [0.2, 0.25) is 0 Å². The molecule has 1 aromatic carbocycles. The Hall–Kier alpha value is -1.13. The molecule has 0 aromatic heterocycles. The van der Waals surface area contributed by atoms with Crippen molar-refractivity contribution >= 4 is 13.3 Å². The van der Waals surface area contributed by atoms with Gasteiger partial charge in [-0.05, 0) is 12.1 Å². The van der Waals surface area contributed by atoms with Crippen LogP contribution < -0.4 is 10.2 Å². The topological polar surface area (TPSA) is 9.23 Å². The molecule has 0 amide bonds. The van der Waals surface area contributed by atoms with Crippen molar-refractivity contribution in [3.05, 3.63) is 24.0 Å². The standard InChI is InChI=1S/C7H4BF3O/c8-4-1-2-5(9)6(3-4)12-7(10)11/h1-3,7H. The van der Waals surface area contributed by atoms with Gasteiger partial charge in [0.25, 0.3) is 0 Å². The van der Waals surface area contributed by atoms with Crippen molar-refractivity contribution in [3.8, 4) is 5.75 Å². The van der Waals surface area contributed by atoms with Gasteiger partial charge in [0.15, 0.2) is 11.6 Å². The van der Waals surface area contributed by atoms with Crippen LogP contribution in [0.1, 0.15) is 0 Å². The van der Waals surface area contributed by atoms with Gasteiger partial charge in [-0.3, -0.25) is 0 Å². The van der Waals surface area contributed by atoms with Crippen LogP contribution in [0.2, 0.25) is 0 Å². The Labute approximate surface area is 68.6 Å². The molecule has 0 unspecified atom stereocenters. The van der Waals surface area contributed by atoms with Crippen LogP contribution in [0.3, 0.4) is 0 Å². The molecule has 2 radical (unpaired) electrons. The number of ether oxygens (including phenoxy) is 1. The maximum absolute atomic E-state index is 12.6. The first-order valence-electron chi connectivity index (χ1n) is 3.09. The molecule has 1 nitrogen and oxygen atoms in total. The van der Waals surface area contributed by atoms with E-state index in [0.717, 1.165) is 12.1 Å². The second kappa shape index (κ2) is 3.52. The Kier molecular flexibility index (Phi) is 2.63. The Bertz CT molecular complexity index is 277. The van der Waals surface area contributed by atoms with Crippen molar-refractivity contribution < 1.29 is 17.9 Å². The number of benzene rings is 1. The Morgan fingerprint density at radius 2 is 2.00 bits per heavy atom. The summed E-state index contributed by atoms with van der Waals surface area (Å²) in [5, 5.41) is 0. The van der Waals surface area contributed by atoms with E-state index in [9.17, 15) is 13.2 Å². The lowest BCUT2D eigenvalue weighted by Crippen LogP contribution is -2.08. The maximum atomic E-state index is 12.6. The third-order valence-corrected chi connectivity index (χ3v) is 1.17. The Balaban J connectivity index is 2.90. The van der Waals surface area contributed by atoms with Crippen molar-refractivity contribution in [1.29, 1.82) is 0 Å². The lowest BCUT2D eigenvalue weighted by Gasteiger charge is -2.05. The van der Waals surface area contributed by atoms with E-state index in [4.69, 9.17) is 7.85 Å². The largest absolute Gasteiger partial charge is 0.432 e. The fraction of sp³-hybridized carbons (Fsp3) is 0.143. The molecule has 1 aromatic rings. The average molecular weight is 172 g/mol. The second-order valence-electron chi connectivity index (χ2n) is 2.07. The summed E-state index contributed by atoms with van der Waals surface area (Å²) in [6.45, 7) is -3.04. The zero-order valence-electron chi connectivity index (χ0n) is 5.93. The molecule has 0 bridgehead atoms. The molecule has 1 rings (SSSR count). The van der Waals surface area contributed by atoms with Gasteiger partial charge in [-0.15, -0.1) is 0 Å². The van der Waals surface area contributed by atoms with Gasteiger partial charge < -0.3 is 4.74 Å². The average Bonchev–Trinajstić information content (AvgIpc) is 1.96. The predicted molar refractivity (Wildman–Crippen MR) is 38.4 cm³/mol. The van der Waals surface area contributed by atoms with E-state index in [1.165, 1.54) is 6.07 Å². The third kappa shape index (κ3) is 2.18. The zero-order valence-corrected chi connectivity index (χ0v) is 5.93. The number of hydrogen-bond donors (Lipinski definition) is 0. The summed E-state index contributed by atoms with van der Waals surface area (Å²) in [6.07, 6.45) is 0. The fourth-order valence-corrected chi connectivity index (χ4v) is 0.706. The highest BCUT2D eigenvalue weighted by Gasteiger charge is 2.08. The van der Waals surface area contributed by atoms with Crippen LogP contribution in [-0.2, 0) is 0 Å². The van der Waals surface area contributed by atoms with E-state index < -0.39 is 18.2 Å². The fourth-order valence-electron chi connectivity index (χ4n) is 0.706. The van der Waals surface area contributed by atoms with Crippen LogP contribution >= 0.6 is 0 Å². The van der Waals surface area contributed by atoms with Gasteiger partial charge in [0, 0.05) is 0 Å². The molecule has 0 aliphatic carbocycles. The van der Waals surface area contributed by atoms with Gasteiger partial charge in [0.05, 0.1) is 0 Å². The summed E-state index contributed by atoms with van der Waals surface area (Å²) < 4.78 is 39.7. The number of halogens is 3. The normalized spacial score (nSPS) is 10.3. The number of hydrogen-bond acceptors (Lipinski definition) is 1.